The standard InChI is InChI=1S/C17H20N4O3/c1-10-2-3-13(8-14(10)19)11-4-6-12(7-5-11)16(22)20-15(9-18)17(23)21-24/h2-8,15,24H,9,18-19H2,1H3,(H,20,22)(H,21,23)/t15-/m0/s1. The molecule has 7 heteroatoms. The molecule has 0 aromatic heterocycles. The maximum atomic E-state index is 12.1. The van der Waals surface area contributed by atoms with Crippen LogP contribution in [-0.2, 0) is 4.79 Å². The summed E-state index contributed by atoms with van der Waals surface area (Å²) >= 11 is 0. The van der Waals surface area contributed by atoms with Gasteiger partial charge in [0, 0.05) is 17.8 Å². The van der Waals surface area contributed by atoms with Gasteiger partial charge in [0.25, 0.3) is 11.8 Å². The van der Waals surface area contributed by atoms with Gasteiger partial charge in [0.05, 0.1) is 0 Å². The second-order valence-corrected chi connectivity index (χ2v) is 5.39. The lowest BCUT2D eigenvalue weighted by atomic mass is 10.0. The minimum absolute atomic E-state index is 0.126. The number of aryl methyl sites for hydroxylation is 1. The van der Waals surface area contributed by atoms with Crippen LogP contribution < -0.4 is 22.3 Å². The molecule has 0 bridgehead atoms. The summed E-state index contributed by atoms with van der Waals surface area (Å²) in [5, 5.41) is 11.1. The summed E-state index contributed by atoms with van der Waals surface area (Å²) in [5.41, 5.74) is 16.7. The Morgan fingerprint density at radius 2 is 1.75 bits per heavy atom. The Balaban J connectivity index is 2.15. The van der Waals surface area contributed by atoms with Crippen LogP contribution in [0.15, 0.2) is 42.5 Å². The van der Waals surface area contributed by atoms with E-state index in [4.69, 9.17) is 16.7 Å². The number of rotatable bonds is 5. The average molecular weight is 328 g/mol. The molecule has 2 amide bonds. The highest BCUT2D eigenvalue weighted by Gasteiger charge is 2.19. The van der Waals surface area contributed by atoms with E-state index in [1.54, 1.807) is 24.3 Å². The van der Waals surface area contributed by atoms with Crippen molar-refractivity contribution < 1.29 is 14.8 Å². The summed E-state index contributed by atoms with van der Waals surface area (Å²) in [6.45, 7) is 1.81. The van der Waals surface area contributed by atoms with Crippen LogP contribution in [-0.4, -0.2) is 29.6 Å². The maximum Gasteiger partial charge on any atom is 0.267 e. The first-order valence-electron chi connectivity index (χ1n) is 7.37. The molecule has 0 aliphatic rings. The normalized spacial score (nSPS) is 11.6. The van der Waals surface area contributed by atoms with E-state index >= 15 is 0 Å². The van der Waals surface area contributed by atoms with Crippen molar-refractivity contribution in [3.8, 4) is 11.1 Å². The zero-order chi connectivity index (χ0) is 17.7. The Morgan fingerprint density at radius 3 is 2.29 bits per heavy atom. The Hall–Kier alpha value is -2.90. The molecule has 0 saturated carbocycles. The first-order chi connectivity index (χ1) is 11.5. The van der Waals surface area contributed by atoms with Gasteiger partial charge in [0.2, 0.25) is 0 Å². The van der Waals surface area contributed by atoms with Crippen LogP contribution >= 0.6 is 0 Å². The molecule has 0 saturated heterocycles. The number of hydroxylamine groups is 1. The highest BCUT2D eigenvalue weighted by Crippen LogP contribution is 2.24. The molecule has 0 fully saturated rings. The number of nitrogen functional groups attached to an aromatic ring is 1. The van der Waals surface area contributed by atoms with E-state index in [0.29, 0.717) is 11.3 Å². The second-order valence-electron chi connectivity index (χ2n) is 5.39. The van der Waals surface area contributed by atoms with Crippen LogP contribution in [0.2, 0.25) is 0 Å². The molecule has 2 aromatic rings. The Bertz CT molecular complexity index is 744. The van der Waals surface area contributed by atoms with Crippen molar-refractivity contribution in [2.45, 2.75) is 13.0 Å². The molecule has 0 spiro atoms. The van der Waals surface area contributed by atoms with Crippen molar-refractivity contribution in [1.29, 1.82) is 0 Å². The van der Waals surface area contributed by atoms with Gasteiger partial charge < -0.3 is 16.8 Å². The summed E-state index contributed by atoms with van der Waals surface area (Å²) < 4.78 is 0. The largest absolute Gasteiger partial charge is 0.398 e. The van der Waals surface area contributed by atoms with Gasteiger partial charge in [0.1, 0.15) is 6.04 Å². The Labute approximate surface area is 139 Å². The lowest BCUT2D eigenvalue weighted by Crippen LogP contribution is -2.50. The molecule has 2 aromatic carbocycles. The molecular formula is C17H20N4O3. The van der Waals surface area contributed by atoms with E-state index in [1.807, 2.05) is 25.1 Å². The summed E-state index contributed by atoms with van der Waals surface area (Å²) in [5.74, 6) is -1.22. The number of amides is 2. The zero-order valence-corrected chi connectivity index (χ0v) is 13.2. The van der Waals surface area contributed by atoms with Gasteiger partial charge in [-0.1, -0.05) is 24.3 Å². The van der Waals surface area contributed by atoms with Crippen LogP contribution in [0.4, 0.5) is 5.69 Å². The first-order valence-corrected chi connectivity index (χ1v) is 7.37. The molecule has 1 atom stereocenters. The van der Waals surface area contributed by atoms with Crippen LogP contribution in [0.25, 0.3) is 11.1 Å². The first kappa shape index (κ1) is 17.5. The van der Waals surface area contributed by atoms with E-state index in [0.717, 1.165) is 16.7 Å². The van der Waals surface area contributed by atoms with Crippen molar-refractivity contribution in [2.24, 2.45) is 5.73 Å². The zero-order valence-electron chi connectivity index (χ0n) is 13.2. The van der Waals surface area contributed by atoms with Crippen LogP contribution in [0.3, 0.4) is 0 Å². The van der Waals surface area contributed by atoms with E-state index < -0.39 is 17.9 Å². The van der Waals surface area contributed by atoms with E-state index in [9.17, 15) is 9.59 Å². The smallest absolute Gasteiger partial charge is 0.267 e. The number of carbonyl (C=O) groups excluding carboxylic acids is 2. The number of benzene rings is 2. The van der Waals surface area contributed by atoms with Crippen molar-refractivity contribution in [1.82, 2.24) is 10.8 Å². The number of carbonyl (C=O) groups is 2. The lowest BCUT2D eigenvalue weighted by Gasteiger charge is -2.14. The molecule has 2 rings (SSSR count). The number of hydrogen-bond donors (Lipinski definition) is 5. The van der Waals surface area contributed by atoms with Gasteiger partial charge >= 0.3 is 0 Å². The van der Waals surface area contributed by atoms with E-state index in [1.165, 1.54) is 5.48 Å². The van der Waals surface area contributed by atoms with Crippen molar-refractivity contribution in [3.63, 3.8) is 0 Å². The molecule has 24 heavy (non-hydrogen) atoms. The highest BCUT2D eigenvalue weighted by atomic mass is 16.5. The number of nitrogens with one attached hydrogen (secondary N) is 2. The van der Waals surface area contributed by atoms with Crippen LogP contribution in [0.5, 0.6) is 0 Å². The third-order valence-electron chi connectivity index (χ3n) is 3.73. The minimum atomic E-state index is -1.00. The van der Waals surface area contributed by atoms with E-state index in [-0.39, 0.29) is 6.54 Å². The monoisotopic (exact) mass is 328 g/mol. The molecule has 7 N–H and O–H groups in total. The fraction of sp³-hybridized carbons (Fsp3) is 0.176. The molecular weight excluding hydrogens is 308 g/mol. The van der Waals surface area contributed by atoms with Crippen LogP contribution in [0.1, 0.15) is 15.9 Å². The predicted octanol–water partition coefficient (Wildman–Crippen LogP) is 0.807. The van der Waals surface area contributed by atoms with Crippen molar-refractivity contribution in [2.75, 3.05) is 12.3 Å². The molecule has 0 heterocycles. The quantitative estimate of drug-likeness (QED) is 0.315. The molecule has 0 aliphatic carbocycles. The highest BCUT2D eigenvalue weighted by molar-refractivity contribution is 5.97. The van der Waals surface area contributed by atoms with Gasteiger partial charge in [-0.3, -0.25) is 14.8 Å². The lowest BCUT2D eigenvalue weighted by molar-refractivity contribution is -0.130. The number of hydrogen-bond acceptors (Lipinski definition) is 5. The third-order valence-corrected chi connectivity index (χ3v) is 3.73. The van der Waals surface area contributed by atoms with E-state index in [2.05, 4.69) is 5.32 Å². The third kappa shape index (κ3) is 3.89. The fourth-order valence-corrected chi connectivity index (χ4v) is 2.19. The van der Waals surface area contributed by atoms with Gasteiger partial charge in [-0.25, -0.2) is 5.48 Å². The number of anilines is 1. The molecule has 0 radical (unpaired) electrons. The predicted molar refractivity (Wildman–Crippen MR) is 91.3 cm³/mol. The second kappa shape index (κ2) is 7.58. The summed E-state index contributed by atoms with van der Waals surface area (Å²) in [6.07, 6.45) is 0. The molecule has 0 aliphatic heterocycles. The number of nitrogens with two attached hydrogens (primary N) is 2. The Kier molecular flexibility index (Phi) is 5.51. The van der Waals surface area contributed by atoms with Crippen LogP contribution in [0, 0.1) is 6.92 Å². The summed E-state index contributed by atoms with van der Waals surface area (Å²) in [4.78, 5) is 23.5. The molecule has 7 nitrogen and oxygen atoms in total. The molecule has 0 unspecified atom stereocenters. The van der Waals surface area contributed by atoms with Crippen molar-refractivity contribution >= 4 is 17.5 Å². The van der Waals surface area contributed by atoms with Crippen molar-refractivity contribution in [3.05, 3.63) is 53.6 Å². The van der Waals surface area contributed by atoms with Gasteiger partial charge in [0.15, 0.2) is 0 Å². The average Bonchev–Trinajstić information content (AvgIpc) is 2.61. The van der Waals surface area contributed by atoms with Gasteiger partial charge in [-0.2, -0.15) is 0 Å². The Morgan fingerprint density at radius 1 is 1.12 bits per heavy atom. The topological polar surface area (TPSA) is 130 Å². The summed E-state index contributed by atoms with van der Waals surface area (Å²) in [6, 6.07) is 11.6. The minimum Gasteiger partial charge on any atom is -0.398 e. The van der Waals surface area contributed by atoms with Gasteiger partial charge in [-0.05, 0) is 41.8 Å². The summed E-state index contributed by atoms with van der Waals surface area (Å²) in [7, 11) is 0. The van der Waals surface area contributed by atoms with Gasteiger partial charge in [-0.15, -0.1) is 0 Å². The SMILES string of the molecule is Cc1ccc(-c2ccc(C(=O)N[C@@H](CN)C(=O)NO)cc2)cc1N. The maximum absolute atomic E-state index is 12.1. The molecule has 126 valence electrons. The fourth-order valence-electron chi connectivity index (χ4n) is 2.19.